The molecule has 0 aromatic heterocycles. The van der Waals surface area contributed by atoms with Crippen LogP contribution >= 0.6 is 0 Å². The van der Waals surface area contributed by atoms with E-state index in [-0.39, 0.29) is 0 Å². The van der Waals surface area contributed by atoms with Gasteiger partial charge in [0.05, 0.1) is 27.0 Å². The summed E-state index contributed by atoms with van der Waals surface area (Å²) < 4.78 is 15.7. The molecule has 2 aromatic carbocycles. The first kappa shape index (κ1) is 19.1. The van der Waals surface area contributed by atoms with Gasteiger partial charge >= 0.3 is 0 Å². The van der Waals surface area contributed by atoms with Crippen LogP contribution in [0, 0.1) is 0 Å². The zero-order valence-electron chi connectivity index (χ0n) is 14.0. The highest BCUT2D eigenvalue weighted by molar-refractivity contribution is 5.74. The molecule has 0 saturated carbocycles. The zero-order chi connectivity index (χ0) is 17.9. The Kier molecular flexibility index (Phi) is 7.87. The molecule has 0 spiro atoms. The van der Waals surface area contributed by atoms with Crippen LogP contribution in [-0.2, 0) is 4.79 Å². The lowest BCUT2D eigenvalue weighted by molar-refractivity contribution is -0.0979. The van der Waals surface area contributed by atoms with Crippen molar-refractivity contribution in [3.8, 4) is 17.2 Å². The lowest BCUT2D eigenvalue weighted by Gasteiger charge is -2.08. The molecule has 0 bridgehead atoms. The van der Waals surface area contributed by atoms with E-state index in [0.717, 1.165) is 28.3 Å². The highest BCUT2D eigenvalue weighted by atomic mass is 16.5. The van der Waals surface area contributed by atoms with Gasteiger partial charge in [-0.15, -0.1) is 0 Å². The molecule has 0 fully saturated rings. The van der Waals surface area contributed by atoms with E-state index in [1.807, 2.05) is 55.3 Å². The maximum atomic E-state index is 8.00. The number of hydrogen-bond acceptors (Lipinski definition) is 6. The van der Waals surface area contributed by atoms with Crippen LogP contribution in [0.4, 0.5) is 5.69 Å². The minimum Gasteiger partial charge on any atom is -0.497 e. The van der Waals surface area contributed by atoms with Crippen molar-refractivity contribution in [1.29, 1.82) is 0 Å². The molecule has 128 valence electrons. The number of hydrogen-bond donors (Lipinski definition) is 2. The van der Waals surface area contributed by atoms with Crippen LogP contribution in [0.5, 0.6) is 17.2 Å². The van der Waals surface area contributed by atoms with Crippen LogP contribution in [0.3, 0.4) is 0 Å². The average molecular weight is 330 g/mol. The van der Waals surface area contributed by atoms with Crippen molar-refractivity contribution in [3.05, 3.63) is 47.5 Å². The first-order valence-electron chi connectivity index (χ1n) is 7.05. The maximum absolute atomic E-state index is 8.00. The number of rotatable bonds is 6. The Morgan fingerprint density at radius 3 is 1.96 bits per heavy atom. The summed E-state index contributed by atoms with van der Waals surface area (Å²) in [6.07, 6.45) is 3.96. The minimum absolute atomic E-state index is 0.697. The highest BCUT2D eigenvalue weighted by Crippen LogP contribution is 2.27. The van der Waals surface area contributed by atoms with E-state index < -0.39 is 0 Å². The molecule has 0 radical (unpaired) electrons. The number of nitrogens with two attached hydrogens (primary N) is 1. The van der Waals surface area contributed by atoms with Crippen molar-refractivity contribution in [2.24, 2.45) is 5.84 Å². The van der Waals surface area contributed by atoms with Crippen molar-refractivity contribution in [2.45, 2.75) is 0 Å². The van der Waals surface area contributed by atoms with E-state index in [1.54, 1.807) is 21.3 Å². The Hall–Kier alpha value is -2.99. The highest BCUT2D eigenvalue weighted by Gasteiger charge is 2.02. The first-order valence-corrected chi connectivity index (χ1v) is 7.05. The van der Waals surface area contributed by atoms with Crippen molar-refractivity contribution in [1.82, 2.24) is 0 Å². The van der Waals surface area contributed by atoms with Crippen LogP contribution < -0.4 is 25.5 Å². The number of methoxy groups -OCH3 is 3. The molecule has 0 aliphatic rings. The summed E-state index contributed by atoms with van der Waals surface area (Å²) in [6, 6.07) is 11.4. The normalized spacial score (nSPS) is 9.83. The van der Waals surface area contributed by atoms with Crippen LogP contribution in [-0.4, -0.2) is 28.1 Å². The molecule has 0 aliphatic carbocycles. The van der Waals surface area contributed by atoms with Gasteiger partial charge in [0, 0.05) is 6.07 Å². The molecule has 0 atom stereocenters. The second kappa shape index (κ2) is 9.91. The van der Waals surface area contributed by atoms with Gasteiger partial charge in [0.25, 0.3) is 0 Å². The van der Waals surface area contributed by atoms with Gasteiger partial charge in [0.1, 0.15) is 24.0 Å². The lowest BCUT2D eigenvalue weighted by atomic mass is 10.1. The molecule has 3 N–H and O–H groups in total. The van der Waals surface area contributed by atoms with Crippen molar-refractivity contribution < 1.29 is 19.0 Å². The monoisotopic (exact) mass is 330 g/mol. The van der Waals surface area contributed by atoms with Gasteiger partial charge in [0.15, 0.2) is 0 Å². The average Bonchev–Trinajstić information content (AvgIpc) is 2.67. The smallest absolute Gasteiger partial charge is 0.143 e. The van der Waals surface area contributed by atoms with Crippen LogP contribution in [0.25, 0.3) is 12.2 Å². The quantitative estimate of drug-likeness (QED) is 0.481. The van der Waals surface area contributed by atoms with Crippen LogP contribution in [0.2, 0.25) is 0 Å². The van der Waals surface area contributed by atoms with E-state index in [2.05, 4.69) is 5.43 Å². The van der Waals surface area contributed by atoms with Gasteiger partial charge in [-0.3, -0.25) is 5.84 Å². The van der Waals surface area contributed by atoms with Crippen molar-refractivity contribution in [3.63, 3.8) is 0 Å². The molecule has 2 aromatic rings. The first-order chi connectivity index (χ1) is 11.7. The Labute approximate surface area is 141 Å². The third kappa shape index (κ3) is 5.03. The fourth-order valence-electron chi connectivity index (χ4n) is 2.06. The van der Waals surface area contributed by atoms with Gasteiger partial charge in [-0.2, -0.15) is 0 Å². The predicted octanol–water partition coefficient (Wildman–Crippen LogP) is 2.98. The Bertz CT molecular complexity index is 664. The van der Waals surface area contributed by atoms with Gasteiger partial charge in [-0.05, 0) is 35.4 Å². The number of anilines is 1. The van der Waals surface area contributed by atoms with E-state index in [0.29, 0.717) is 5.75 Å². The third-order valence-electron chi connectivity index (χ3n) is 3.22. The molecular formula is C18H22N2O4. The summed E-state index contributed by atoms with van der Waals surface area (Å²) in [5, 5.41) is 0. The summed E-state index contributed by atoms with van der Waals surface area (Å²) in [5.74, 6) is 7.68. The fraction of sp³-hybridized carbons (Fsp3) is 0.167. The van der Waals surface area contributed by atoms with Gasteiger partial charge in [-0.25, -0.2) is 0 Å². The number of carbonyl (C=O) groups excluding carboxylic acids is 1. The second-order valence-corrected chi connectivity index (χ2v) is 4.58. The topological polar surface area (TPSA) is 82.8 Å². The number of ether oxygens (including phenoxy) is 3. The number of nitrogen functional groups attached to an aromatic ring is 1. The molecule has 0 aliphatic heterocycles. The molecule has 2 rings (SSSR count). The predicted molar refractivity (Wildman–Crippen MR) is 96.4 cm³/mol. The Morgan fingerprint density at radius 2 is 1.46 bits per heavy atom. The molecule has 6 heteroatoms. The number of benzene rings is 2. The zero-order valence-corrected chi connectivity index (χ0v) is 14.0. The molecule has 0 saturated heterocycles. The molecule has 6 nitrogen and oxygen atoms in total. The van der Waals surface area contributed by atoms with E-state index in [9.17, 15) is 0 Å². The molecular weight excluding hydrogens is 308 g/mol. The van der Waals surface area contributed by atoms with Crippen LogP contribution in [0.1, 0.15) is 11.1 Å². The fourth-order valence-corrected chi connectivity index (χ4v) is 2.06. The SMILES string of the molecule is C=O.COc1cc(/C=C\c2ccc(OC)c(NN)c2)cc(OC)c1. The Morgan fingerprint density at radius 1 is 0.875 bits per heavy atom. The standard InChI is InChI=1S/C17H20N2O3.CH2O/c1-20-14-8-13(9-15(11-14)21-2)5-4-12-6-7-17(22-3)16(10-12)19-18;1-2/h4-11,19H,18H2,1-3H3;1H2/b5-4-;. The van der Waals surface area contributed by atoms with Gasteiger partial charge in [-0.1, -0.05) is 18.2 Å². The Balaban J connectivity index is 0.00000139. The van der Waals surface area contributed by atoms with Crippen molar-refractivity contribution >= 4 is 24.6 Å². The van der Waals surface area contributed by atoms with E-state index >= 15 is 0 Å². The second-order valence-electron chi connectivity index (χ2n) is 4.58. The maximum Gasteiger partial charge on any atom is 0.143 e. The summed E-state index contributed by atoms with van der Waals surface area (Å²) in [4.78, 5) is 8.00. The van der Waals surface area contributed by atoms with E-state index in [4.69, 9.17) is 24.8 Å². The van der Waals surface area contributed by atoms with Gasteiger partial charge < -0.3 is 24.4 Å². The lowest BCUT2D eigenvalue weighted by Crippen LogP contribution is -2.08. The van der Waals surface area contributed by atoms with Crippen LogP contribution in [0.15, 0.2) is 36.4 Å². The van der Waals surface area contributed by atoms with E-state index in [1.165, 1.54) is 0 Å². The van der Waals surface area contributed by atoms with Gasteiger partial charge in [0.2, 0.25) is 0 Å². The summed E-state index contributed by atoms with van der Waals surface area (Å²) in [7, 11) is 4.87. The molecule has 0 heterocycles. The third-order valence-corrected chi connectivity index (χ3v) is 3.22. The minimum atomic E-state index is 0.697. The number of nitrogens with one attached hydrogen (secondary N) is 1. The summed E-state index contributed by atoms with van der Waals surface area (Å²) in [6.45, 7) is 2.00. The summed E-state index contributed by atoms with van der Waals surface area (Å²) >= 11 is 0. The largest absolute Gasteiger partial charge is 0.497 e. The van der Waals surface area contributed by atoms with Crippen molar-refractivity contribution in [2.75, 3.05) is 26.8 Å². The molecule has 24 heavy (non-hydrogen) atoms. The number of hydrazine groups is 1. The summed E-state index contributed by atoms with van der Waals surface area (Å²) in [5.41, 5.74) is 5.33. The molecule has 0 amide bonds. The number of carbonyl (C=O) groups is 1. The molecule has 0 unspecified atom stereocenters.